The van der Waals surface area contributed by atoms with Crippen LogP contribution >= 0.6 is 0 Å². The van der Waals surface area contributed by atoms with Crippen LogP contribution in [0.15, 0.2) is 12.4 Å². The zero-order chi connectivity index (χ0) is 14.6. The lowest BCUT2D eigenvalue weighted by molar-refractivity contribution is -0.137. The molecule has 0 unspecified atom stereocenters. The number of rotatable bonds is 6. The molecule has 19 heavy (non-hydrogen) atoms. The lowest BCUT2D eigenvalue weighted by atomic mass is 10.0. The molecule has 0 amide bonds. The van der Waals surface area contributed by atoms with Crippen LogP contribution in [-0.2, 0) is 4.79 Å². The van der Waals surface area contributed by atoms with Crippen molar-refractivity contribution in [2.45, 2.75) is 45.7 Å². The van der Waals surface area contributed by atoms with Gasteiger partial charge in [0.15, 0.2) is 0 Å². The number of nitrogens with one attached hydrogen (secondary N) is 1. The van der Waals surface area contributed by atoms with E-state index in [0.29, 0.717) is 11.9 Å². The smallest absolute Gasteiger partial charge is 0.305 e. The van der Waals surface area contributed by atoms with Gasteiger partial charge in [0.2, 0.25) is 0 Å². The quantitative estimate of drug-likeness (QED) is 0.819. The summed E-state index contributed by atoms with van der Waals surface area (Å²) in [7, 11) is 1.96. The summed E-state index contributed by atoms with van der Waals surface area (Å²) in [6.07, 6.45) is 1.50. The van der Waals surface area contributed by atoms with Gasteiger partial charge in [-0.15, -0.1) is 0 Å². The van der Waals surface area contributed by atoms with Crippen molar-refractivity contribution in [3.8, 4) is 0 Å². The van der Waals surface area contributed by atoms with Crippen molar-refractivity contribution >= 4 is 17.6 Å². The van der Waals surface area contributed by atoms with E-state index < -0.39 is 11.5 Å². The SMILES string of the molecule is CC(C)N(C)c1cc(NC(C)(C)CC(=O)O)ncn1. The molecule has 0 saturated carbocycles. The second-order valence-corrected chi connectivity index (χ2v) is 5.55. The first kappa shape index (κ1) is 15.2. The van der Waals surface area contributed by atoms with Gasteiger partial charge in [-0.3, -0.25) is 4.79 Å². The summed E-state index contributed by atoms with van der Waals surface area (Å²) < 4.78 is 0. The van der Waals surface area contributed by atoms with E-state index in [2.05, 4.69) is 29.1 Å². The Labute approximate surface area is 113 Å². The molecule has 0 aliphatic heterocycles. The van der Waals surface area contributed by atoms with Gasteiger partial charge in [0.25, 0.3) is 0 Å². The van der Waals surface area contributed by atoms with E-state index in [9.17, 15) is 4.79 Å². The lowest BCUT2D eigenvalue weighted by Gasteiger charge is -2.26. The maximum atomic E-state index is 10.8. The van der Waals surface area contributed by atoms with Crippen LogP contribution in [0.2, 0.25) is 0 Å². The molecule has 1 aromatic heterocycles. The van der Waals surface area contributed by atoms with Gasteiger partial charge in [-0.2, -0.15) is 0 Å². The highest BCUT2D eigenvalue weighted by atomic mass is 16.4. The number of carboxylic acid groups (broad SMARTS) is 1. The number of hydrogen-bond donors (Lipinski definition) is 2. The van der Waals surface area contributed by atoms with Gasteiger partial charge >= 0.3 is 5.97 Å². The number of aromatic nitrogens is 2. The highest BCUT2D eigenvalue weighted by molar-refractivity contribution is 5.69. The first-order chi connectivity index (χ1) is 8.71. The Morgan fingerprint density at radius 2 is 2.11 bits per heavy atom. The van der Waals surface area contributed by atoms with Crippen molar-refractivity contribution in [2.24, 2.45) is 0 Å². The highest BCUT2D eigenvalue weighted by Gasteiger charge is 2.22. The third-order valence-electron chi connectivity index (χ3n) is 2.85. The lowest BCUT2D eigenvalue weighted by Crippen LogP contribution is -2.34. The number of hydrogen-bond acceptors (Lipinski definition) is 5. The summed E-state index contributed by atoms with van der Waals surface area (Å²) in [6, 6.07) is 2.15. The Kier molecular flexibility index (Phi) is 4.69. The summed E-state index contributed by atoms with van der Waals surface area (Å²) in [5.41, 5.74) is -0.562. The van der Waals surface area contributed by atoms with Crippen molar-refractivity contribution in [3.05, 3.63) is 12.4 Å². The minimum Gasteiger partial charge on any atom is -0.481 e. The fourth-order valence-corrected chi connectivity index (χ4v) is 1.64. The summed E-state index contributed by atoms with van der Waals surface area (Å²) in [5.74, 6) is 0.591. The van der Waals surface area contributed by atoms with Crippen LogP contribution in [-0.4, -0.2) is 39.7 Å². The largest absolute Gasteiger partial charge is 0.481 e. The molecular formula is C13H22N4O2. The van der Waals surface area contributed by atoms with E-state index in [-0.39, 0.29) is 6.42 Å². The predicted octanol–water partition coefficient (Wildman–Crippen LogP) is 1.99. The van der Waals surface area contributed by atoms with Gasteiger partial charge in [0, 0.05) is 24.7 Å². The van der Waals surface area contributed by atoms with E-state index in [1.54, 1.807) is 0 Å². The number of nitrogens with zero attached hydrogens (tertiary/aromatic N) is 3. The zero-order valence-electron chi connectivity index (χ0n) is 12.1. The van der Waals surface area contributed by atoms with E-state index in [4.69, 9.17) is 5.11 Å². The first-order valence-corrected chi connectivity index (χ1v) is 6.26. The Morgan fingerprint density at radius 1 is 1.47 bits per heavy atom. The third kappa shape index (κ3) is 4.73. The molecule has 2 N–H and O–H groups in total. The Balaban J connectivity index is 2.85. The fraction of sp³-hybridized carbons (Fsp3) is 0.615. The first-order valence-electron chi connectivity index (χ1n) is 6.26. The summed E-state index contributed by atoms with van der Waals surface area (Å²) in [4.78, 5) is 21.2. The Bertz CT molecular complexity index is 446. The van der Waals surface area contributed by atoms with Crippen molar-refractivity contribution < 1.29 is 9.90 Å². The molecule has 0 spiro atoms. The number of carboxylic acids is 1. The molecule has 106 valence electrons. The second kappa shape index (κ2) is 5.86. The Hall–Kier alpha value is -1.85. The van der Waals surface area contributed by atoms with Gasteiger partial charge in [-0.1, -0.05) is 0 Å². The molecule has 0 saturated heterocycles. The van der Waals surface area contributed by atoms with E-state index >= 15 is 0 Å². The van der Waals surface area contributed by atoms with Crippen LogP contribution in [0.4, 0.5) is 11.6 Å². The second-order valence-electron chi connectivity index (χ2n) is 5.55. The van der Waals surface area contributed by atoms with Crippen LogP contribution in [0.3, 0.4) is 0 Å². The minimum absolute atomic E-state index is 0.0202. The van der Waals surface area contributed by atoms with Crippen molar-refractivity contribution in [1.29, 1.82) is 0 Å². The molecule has 0 atom stereocenters. The fourth-order valence-electron chi connectivity index (χ4n) is 1.64. The van der Waals surface area contributed by atoms with Gasteiger partial charge < -0.3 is 15.3 Å². The average Bonchev–Trinajstić information content (AvgIpc) is 2.25. The van der Waals surface area contributed by atoms with Crippen LogP contribution in [0.25, 0.3) is 0 Å². The predicted molar refractivity (Wildman–Crippen MR) is 75.5 cm³/mol. The van der Waals surface area contributed by atoms with E-state index in [1.165, 1.54) is 6.33 Å². The number of anilines is 2. The third-order valence-corrected chi connectivity index (χ3v) is 2.85. The van der Waals surface area contributed by atoms with Crippen molar-refractivity contribution in [2.75, 3.05) is 17.3 Å². The van der Waals surface area contributed by atoms with Gasteiger partial charge in [-0.25, -0.2) is 9.97 Å². The molecule has 1 aromatic rings. The highest BCUT2D eigenvalue weighted by Crippen LogP contribution is 2.20. The van der Waals surface area contributed by atoms with Gasteiger partial charge in [-0.05, 0) is 27.7 Å². The zero-order valence-corrected chi connectivity index (χ0v) is 12.1. The Morgan fingerprint density at radius 3 is 2.63 bits per heavy atom. The monoisotopic (exact) mass is 266 g/mol. The molecule has 0 fully saturated rings. The van der Waals surface area contributed by atoms with Crippen LogP contribution in [0.5, 0.6) is 0 Å². The van der Waals surface area contributed by atoms with Crippen molar-refractivity contribution in [3.63, 3.8) is 0 Å². The number of aliphatic carboxylic acids is 1. The van der Waals surface area contributed by atoms with Crippen LogP contribution < -0.4 is 10.2 Å². The molecule has 0 radical (unpaired) electrons. The summed E-state index contributed by atoms with van der Waals surface area (Å²) in [6.45, 7) is 7.80. The molecular weight excluding hydrogens is 244 g/mol. The molecule has 0 aromatic carbocycles. The summed E-state index contributed by atoms with van der Waals surface area (Å²) in [5, 5.41) is 12.0. The van der Waals surface area contributed by atoms with Crippen LogP contribution in [0, 0.1) is 0 Å². The van der Waals surface area contributed by atoms with E-state index in [0.717, 1.165) is 5.82 Å². The number of carbonyl (C=O) groups is 1. The van der Waals surface area contributed by atoms with Crippen LogP contribution in [0.1, 0.15) is 34.1 Å². The maximum Gasteiger partial charge on any atom is 0.305 e. The maximum absolute atomic E-state index is 10.8. The molecule has 0 bridgehead atoms. The summed E-state index contributed by atoms with van der Waals surface area (Å²) >= 11 is 0. The molecule has 6 nitrogen and oxygen atoms in total. The van der Waals surface area contributed by atoms with Gasteiger partial charge in [0.05, 0.1) is 6.42 Å². The minimum atomic E-state index is -0.842. The van der Waals surface area contributed by atoms with E-state index in [1.807, 2.05) is 31.9 Å². The average molecular weight is 266 g/mol. The topological polar surface area (TPSA) is 78.4 Å². The molecule has 0 aliphatic rings. The standard InChI is InChI=1S/C13H22N4O2/c1-9(2)17(5)11-6-10(14-8-15-11)16-13(3,4)7-12(18)19/h6,8-9H,7H2,1-5H3,(H,18,19)(H,14,15,16). The molecule has 6 heteroatoms. The normalized spacial score (nSPS) is 11.5. The van der Waals surface area contributed by atoms with Crippen molar-refractivity contribution in [1.82, 2.24) is 9.97 Å². The molecule has 1 heterocycles. The van der Waals surface area contributed by atoms with Gasteiger partial charge in [0.1, 0.15) is 18.0 Å². The molecule has 0 aliphatic carbocycles. The molecule has 1 rings (SSSR count).